The van der Waals surface area contributed by atoms with Crippen molar-refractivity contribution in [1.82, 2.24) is 4.98 Å². The lowest BCUT2D eigenvalue weighted by molar-refractivity contribution is -0.175. The number of pyridine rings is 1. The number of aromatic nitrogens is 1. The molecule has 2 aromatic rings. The number of unbranched alkanes of at least 4 members (excludes halogenated alkanes) is 1. The predicted octanol–water partition coefficient (Wildman–Crippen LogP) is 3.21. The highest BCUT2D eigenvalue weighted by Gasteiger charge is 2.33. The second kappa shape index (κ2) is 18.4. The van der Waals surface area contributed by atoms with Gasteiger partial charge in [-0.1, -0.05) is 31.5 Å². The molecule has 1 atom stereocenters. The highest BCUT2D eigenvalue weighted by molar-refractivity contribution is 5.84. The fourth-order valence-electron chi connectivity index (χ4n) is 3.60. The van der Waals surface area contributed by atoms with Crippen molar-refractivity contribution in [2.75, 3.05) is 92.9 Å². The largest absolute Gasteiger partial charge is 0.489 e. The lowest BCUT2D eigenvalue weighted by Crippen LogP contribution is -2.48. The van der Waals surface area contributed by atoms with Gasteiger partial charge in [0.05, 0.1) is 66.1 Å². The van der Waals surface area contributed by atoms with Gasteiger partial charge in [-0.25, -0.2) is 0 Å². The van der Waals surface area contributed by atoms with Gasteiger partial charge in [0.2, 0.25) is 0 Å². The van der Waals surface area contributed by atoms with E-state index in [1.807, 2.05) is 30.3 Å². The third-order valence-corrected chi connectivity index (χ3v) is 5.53. The molecule has 0 aliphatic carbocycles. The van der Waals surface area contributed by atoms with Gasteiger partial charge in [0.15, 0.2) is 0 Å². The van der Waals surface area contributed by atoms with E-state index < -0.39 is 5.60 Å². The Morgan fingerprint density at radius 3 is 2.24 bits per heavy atom. The number of fused-ring (bicyclic) bond motifs is 1. The summed E-state index contributed by atoms with van der Waals surface area (Å²) in [4.78, 5) is 4.45. The molecule has 3 rings (SSSR count). The zero-order valence-corrected chi connectivity index (χ0v) is 21.9. The summed E-state index contributed by atoms with van der Waals surface area (Å²) >= 11 is 0. The zero-order valence-electron chi connectivity index (χ0n) is 21.9. The second-order valence-electron chi connectivity index (χ2n) is 8.59. The molecular formula is C27H41NO9. The summed E-state index contributed by atoms with van der Waals surface area (Å²) in [5.74, 6) is 0.719. The quantitative estimate of drug-likeness (QED) is 0.432. The number of nitrogens with zero attached hydrogens (tertiary/aromatic N) is 1. The van der Waals surface area contributed by atoms with Crippen molar-refractivity contribution in [3.05, 3.63) is 36.5 Å². The normalized spacial score (nSPS) is 21.4. The molecule has 1 unspecified atom stereocenters. The molecule has 2 heterocycles. The highest BCUT2D eigenvalue weighted by Crippen LogP contribution is 2.23. The van der Waals surface area contributed by atoms with E-state index >= 15 is 0 Å². The summed E-state index contributed by atoms with van der Waals surface area (Å²) in [7, 11) is 0. The van der Waals surface area contributed by atoms with Crippen molar-refractivity contribution in [1.29, 1.82) is 0 Å². The first-order valence-corrected chi connectivity index (χ1v) is 13.0. The molecule has 0 N–H and O–H groups in total. The van der Waals surface area contributed by atoms with Crippen molar-refractivity contribution in [2.24, 2.45) is 0 Å². The van der Waals surface area contributed by atoms with Crippen LogP contribution in [-0.2, 0) is 37.9 Å². The fourth-order valence-corrected chi connectivity index (χ4v) is 3.60. The average Bonchev–Trinajstić information content (AvgIpc) is 2.93. The van der Waals surface area contributed by atoms with E-state index in [4.69, 9.17) is 42.6 Å². The van der Waals surface area contributed by atoms with Gasteiger partial charge in [0, 0.05) is 18.2 Å². The standard InChI is InChI=1S/C27H41NO9/c1-2-3-10-30-19-27(37-18-17-36-25-8-4-6-24-7-5-9-28-26(24)25)20-31-13-11-29-12-15-33-22-35-23-34-16-14-32-21-27/h4-9H,2-3,10-23H2,1H3. The van der Waals surface area contributed by atoms with E-state index in [2.05, 4.69) is 11.9 Å². The van der Waals surface area contributed by atoms with Gasteiger partial charge < -0.3 is 42.6 Å². The smallest absolute Gasteiger partial charge is 0.149 e. The van der Waals surface area contributed by atoms with Crippen molar-refractivity contribution >= 4 is 10.9 Å². The van der Waals surface area contributed by atoms with Crippen LogP contribution in [0.3, 0.4) is 0 Å². The molecule has 1 fully saturated rings. The van der Waals surface area contributed by atoms with Crippen LogP contribution in [0, 0.1) is 0 Å². The summed E-state index contributed by atoms with van der Waals surface area (Å²) in [6, 6.07) is 9.80. The molecular weight excluding hydrogens is 482 g/mol. The first kappa shape index (κ1) is 29.7. The molecule has 0 saturated carbocycles. The van der Waals surface area contributed by atoms with Crippen LogP contribution in [0.4, 0.5) is 0 Å². The highest BCUT2D eigenvalue weighted by atomic mass is 16.7. The van der Waals surface area contributed by atoms with E-state index in [0.29, 0.717) is 72.7 Å². The van der Waals surface area contributed by atoms with E-state index in [0.717, 1.165) is 29.5 Å². The Bertz CT molecular complexity index is 830. The maximum Gasteiger partial charge on any atom is 0.149 e. The van der Waals surface area contributed by atoms with Gasteiger partial charge in [-0.15, -0.1) is 0 Å². The monoisotopic (exact) mass is 523 g/mol. The summed E-state index contributed by atoms with van der Waals surface area (Å²) in [5, 5.41) is 1.03. The molecule has 0 radical (unpaired) electrons. The maximum absolute atomic E-state index is 6.36. The molecule has 37 heavy (non-hydrogen) atoms. The van der Waals surface area contributed by atoms with E-state index in [9.17, 15) is 0 Å². The van der Waals surface area contributed by atoms with Crippen molar-refractivity contribution in [3.8, 4) is 5.75 Å². The number of para-hydroxylation sites is 1. The van der Waals surface area contributed by atoms with E-state index in [1.54, 1.807) is 6.20 Å². The zero-order chi connectivity index (χ0) is 25.9. The fraction of sp³-hybridized carbons (Fsp3) is 0.667. The lowest BCUT2D eigenvalue weighted by Gasteiger charge is -2.33. The van der Waals surface area contributed by atoms with Gasteiger partial charge in [0.1, 0.15) is 37.1 Å². The summed E-state index contributed by atoms with van der Waals surface area (Å²) in [6.45, 7) is 7.15. The van der Waals surface area contributed by atoms with Crippen molar-refractivity contribution in [3.63, 3.8) is 0 Å². The van der Waals surface area contributed by atoms with Crippen LogP contribution in [0.2, 0.25) is 0 Å². The van der Waals surface area contributed by atoms with Crippen LogP contribution < -0.4 is 4.74 Å². The van der Waals surface area contributed by atoms with E-state index in [1.165, 1.54) is 0 Å². The second-order valence-corrected chi connectivity index (χ2v) is 8.59. The van der Waals surface area contributed by atoms with Gasteiger partial charge in [0.25, 0.3) is 0 Å². The topological polar surface area (TPSA) is 96.0 Å². The van der Waals surface area contributed by atoms with Crippen molar-refractivity contribution in [2.45, 2.75) is 25.4 Å². The first-order valence-electron chi connectivity index (χ1n) is 13.0. The number of ether oxygens (including phenoxy) is 9. The van der Waals surface area contributed by atoms with Crippen LogP contribution in [-0.4, -0.2) is 103 Å². The Morgan fingerprint density at radius 2 is 1.49 bits per heavy atom. The molecule has 208 valence electrons. The molecule has 1 aliphatic rings. The van der Waals surface area contributed by atoms with Crippen LogP contribution in [0.15, 0.2) is 36.5 Å². The van der Waals surface area contributed by atoms with Gasteiger partial charge >= 0.3 is 0 Å². The molecule has 10 heteroatoms. The minimum Gasteiger partial charge on any atom is -0.489 e. The van der Waals surface area contributed by atoms with Crippen LogP contribution >= 0.6 is 0 Å². The minimum absolute atomic E-state index is 0.134. The Morgan fingerprint density at radius 1 is 0.784 bits per heavy atom. The van der Waals surface area contributed by atoms with Crippen LogP contribution in [0.25, 0.3) is 10.9 Å². The molecule has 1 saturated heterocycles. The lowest BCUT2D eigenvalue weighted by atomic mass is 10.1. The Labute approximate surface area is 219 Å². The predicted molar refractivity (Wildman–Crippen MR) is 137 cm³/mol. The Balaban J connectivity index is 1.58. The number of rotatable bonds is 10. The molecule has 1 aromatic heterocycles. The number of hydrogen-bond acceptors (Lipinski definition) is 10. The van der Waals surface area contributed by atoms with Crippen LogP contribution in [0.1, 0.15) is 19.8 Å². The third-order valence-electron chi connectivity index (χ3n) is 5.53. The summed E-state index contributed by atoms with van der Waals surface area (Å²) < 4.78 is 51.8. The molecule has 1 aliphatic heterocycles. The average molecular weight is 524 g/mol. The van der Waals surface area contributed by atoms with E-state index in [-0.39, 0.29) is 20.2 Å². The maximum atomic E-state index is 6.36. The molecule has 0 spiro atoms. The summed E-state index contributed by atoms with van der Waals surface area (Å²) in [5.41, 5.74) is 0.0194. The van der Waals surface area contributed by atoms with Gasteiger partial charge in [-0.3, -0.25) is 4.98 Å². The first-order chi connectivity index (χ1) is 18.3. The molecule has 0 bridgehead atoms. The van der Waals surface area contributed by atoms with Gasteiger partial charge in [-0.05, 0) is 18.6 Å². The van der Waals surface area contributed by atoms with Crippen LogP contribution in [0.5, 0.6) is 5.75 Å². The SMILES string of the molecule is CCCCOCC1(OCCOc2cccc3cccnc23)COCCOCCOCOCOCCOC1. The van der Waals surface area contributed by atoms with Gasteiger partial charge in [-0.2, -0.15) is 0 Å². The third kappa shape index (κ3) is 11.6. The Kier molecular flexibility index (Phi) is 14.7. The molecule has 1 aromatic carbocycles. The Hall–Kier alpha value is -1.89. The molecule has 10 nitrogen and oxygen atoms in total. The number of benzene rings is 1. The summed E-state index contributed by atoms with van der Waals surface area (Å²) in [6.07, 6.45) is 3.78. The van der Waals surface area contributed by atoms with Crippen molar-refractivity contribution < 1.29 is 42.6 Å². The molecule has 0 amide bonds. The number of hydrogen-bond donors (Lipinski definition) is 0. The minimum atomic E-state index is -0.804.